The number of hydrogen-bond donors (Lipinski definition) is 0. The Morgan fingerprint density at radius 3 is 3.20 bits per heavy atom. The Kier molecular flexibility index (Phi) is 3.83. The van der Waals surface area contributed by atoms with E-state index in [1.165, 1.54) is 6.42 Å². The molecule has 1 aliphatic heterocycles. The highest BCUT2D eigenvalue weighted by Crippen LogP contribution is 2.21. The Bertz CT molecular complexity index is 334. The van der Waals surface area contributed by atoms with Crippen molar-refractivity contribution in [2.75, 3.05) is 19.3 Å². The largest absolute Gasteiger partial charge is 0.296 e. The van der Waals surface area contributed by atoms with Gasteiger partial charge in [-0.15, -0.1) is 0 Å². The molecular formula is C10H14ClN3S. The Morgan fingerprint density at radius 1 is 1.67 bits per heavy atom. The van der Waals surface area contributed by atoms with Crippen LogP contribution in [-0.2, 0) is 6.54 Å². The second-order valence-corrected chi connectivity index (χ2v) is 5.17. The molecule has 0 amide bonds. The van der Waals surface area contributed by atoms with Crippen molar-refractivity contribution in [2.24, 2.45) is 0 Å². The highest BCUT2D eigenvalue weighted by atomic mass is 35.5. The molecular weight excluding hydrogens is 230 g/mol. The summed E-state index contributed by atoms with van der Waals surface area (Å²) in [6, 6.07) is 1.93. The van der Waals surface area contributed by atoms with E-state index in [0.717, 1.165) is 30.6 Å². The summed E-state index contributed by atoms with van der Waals surface area (Å²) in [7, 11) is 0. The lowest BCUT2D eigenvalue weighted by atomic mass is 10.4. The Labute approximate surface area is 99.2 Å². The van der Waals surface area contributed by atoms with Crippen LogP contribution in [0.1, 0.15) is 12.1 Å². The van der Waals surface area contributed by atoms with Gasteiger partial charge >= 0.3 is 0 Å². The van der Waals surface area contributed by atoms with Crippen LogP contribution in [0.4, 0.5) is 0 Å². The molecule has 0 spiro atoms. The maximum absolute atomic E-state index is 5.74. The molecule has 3 nitrogen and oxygen atoms in total. The van der Waals surface area contributed by atoms with Crippen LogP contribution in [0.3, 0.4) is 0 Å². The van der Waals surface area contributed by atoms with E-state index in [1.54, 1.807) is 6.20 Å². The average Bonchev–Trinajstić information content (AvgIpc) is 2.65. The standard InChI is InChI=1S/C10H14ClN3S/c1-15-9-3-5-14(7-9)6-8-2-4-12-10(11)13-8/h2,4,9H,3,5-7H2,1H3. The molecule has 0 radical (unpaired) electrons. The predicted octanol–water partition coefficient (Wildman–Crippen LogP) is 2.07. The van der Waals surface area contributed by atoms with Crippen molar-refractivity contribution in [1.82, 2.24) is 14.9 Å². The Morgan fingerprint density at radius 2 is 2.53 bits per heavy atom. The summed E-state index contributed by atoms with van der Waals surface area (Å²) in [6.45, 7) is 3.20. The van der Waals surface area contributed by atoms with Crippen LogP contribution in [0.25, 0.3) is 0 Å². The minimum Gasteiger partial charge on any atom is -0.296 e. The minimum absolute atomic E-state index is 0.341. The molecule has 1 atom stereocenters. The molecule has 0 aromatic carbocycles. The van der Waals surface area contributed by atoms with E-state index in [9.17, 15) is 0 Å². The normalized spacial score (nSPS) is 22.1. The van der Waals surface area contributed by atoms with Gasteiger partial charge in [0.25, 0.3) is 0 Å². The molecule has 1 aromatic heterocycles. The Hall–Kier alpha value is -0.320. The molecule has 0 saturated carbocycles. The van der Waals surface area contributed by atoms with Crippen molar-refractivity contribution < 1.29 is 0 Å². The van der Waals surface area contributed by atoms with Crippen molar-refractivity contribution in [3.05, 3.63) is 23.2 Å². The third-order valence-electron chi connectivity index (χ3n) is 2.63. The molecule has 1 fully saturated rings. The fourth-order valence-corrected chi connectivity index (χ4v) is 2.69. The summed E-state index contributed by atoms with van der Waals surface area (Å²) in [5.41, 5.74) is 1.01. The van der Waals surface area contributed by atoms with Gasteiger partial charge in [0.15, 0.2) is 0 Å². The van der Waals surface area contributed by atoms with Crippen LogP contribution in [0.2, 0.25) is 5.28 Å². The number of thioether (sulfide) groups is 1. The number of rotatable bonds is 3. The van der Waals surface area contributed by atoms with Crippen molar-refractivity contribution >= 4 is 23.4 Å². The Balaban J connectivity index is 1.92. The van der Waals surface area contributed by atoms with Crippen molar-refractivity contribution in [3.63, 3.8) is 0 Å². The van der Waals surface area contributed by atoms with E-state index >= 15 is 0 Å². The van der Waals surface area contributed by atoms with Gasteiger partial charge in [0, 0.05) is 24.5 Å². The van der Waals surface area contributed by atoms with Crippen molar-refractivity contribution in [3.8, 4) is 0 Å². The lowest BCUT2D eigenvalue weighted by molar-refractivity contribution is 0.328. The smallest absolute Gasteiger partial charge is 0.222 e. The summed E-state index contributed by atoms with van der Waals surface area (Å²) in [5.74, 6) is 0. The summed E-state index contributed by atoms with van der Waals surface area (Å²) in [6.07, 6.45) is 5.17. The van der Waals surface area contributed by atoms with Crippen LogP contribution in [0.5, 0.6) is 0 Å². The number of aromatic nitrogens is 2. The SMILES string of the molecule is CSC1CCN(Cc2ccnc(Cl)n2)C1. The van der Waals surface area contributed by atoms with E-state index in [-0.39, 0.29) is 0 Å². The lowest BCUT2D eigenvalue weighted by Gasteiger charge is -2.14. The van der Waals surface area contributed by atoms with Gasteiger partial charge in [-0.25, -0.2) is 9.97 Å². The third-order valence-corrected chi connectivity index (χ3v) is 3.87. The molecule has 82 valence electrons. The minimum atomic E-state index is 0.341. The lowest BCUT2D eigenvalue weighted by Crippen LogP contribution is -2.21. The number of nitrogens with zero attached hydrogens (tertiary/aromatic N) is 3. The summed E-state index contributed by atoms with van der Waals surface area (Å²) < 4.78 is 0. The first-order chi connectivity index (χ1) is 7.28. The van der Waals surface area contributed by atoms with Crippen molar-refractivity contribution in [2.45, 2.75) is 18.2 Å². The van der Waals surface area contributed by atoms with Crippen LogP contribution in [0, 0.1) is 0 Å². The molecule has 0 bridgehead atoms. The fourth-order valence-electron chi connectivity index (χ4n) is 1.82. The molecule has 0 aliphatic carbocycles. The van der Waals surface area contributed by atoms with Gasteiger partial charge in [-0.1, -0.05) is 0 Å². The predicted molar refractivity (Wildman–Crippen MR) is 64.2 cm³/mol. The first-order valence-electron chi connectivity index (χ1n) is 5.00. The summed E-state index contributed by atoms with van der Waals surface area (Å²) in [5, 5.41) is 1.12. The number of halogens is 1. The second-order valence-electron chi connectivity index (χ2n) is 3.70. The van der Waals surface area contributed by atoms with Crippen LogP contribution in [-0.4, -0.2) is 39.5 Å². The number of likely N-dealkylation sites (tertiary alicyclic amines) is 1. The monoisotopic (exact) mass is 243 g/mol. The van der Waals surface area contributed by atoms with Gasteiger partial charge < -0.3 is 0 Å². The topological polar surface area (TPSA) is 29.0 Å². The van der Waals surface area contributed by atoms with Gasteiger partial charge in [-0.2, -0.15) is 11.8 Å². The molecule has 1 unspecified atom stereocenters. The second kappa shape index (κ2) is 5.14. The first kappa shape index (κ1) is 11.2. The van der Waals surface area contributed by atoms with Crippen LogP contribution >= 0.6 is 23.4 Å². The molecule has 15 heavy (non-hydrogen) atoms. The zero-order valence-electron chi connectivity index (χ0n) is 8.69. The molecule has 2 rings (SSSR count). The molecule has 5 heteroatoms. The third kappa shape index (κ3) is 3.06. The van der Waals surface area contributed by atoms with Gasteiger partial charge in [-0.3, -0.25) is 4.90 Å². The van der Waals surface area contributed by atoms with E-state index in [0.29, 0.717) is 5.28 Å². The van der Waals surface area contributed by atoms with E-state index in [4.69, 9.17) is 11.6 Å². The average molecular weight is 244 g/mol. The van der Waals surface area contributed by atoms with Crippen LogP contribution in [0.15, 0.2) is 12.3 Å². The zero-order valence-corrected chi connectivity index (χ0v) is 10.3. The van der Waals surface area contributed by atoms with Gasteiger partial charge in [0.1, 0.15) is 0 Å². The van der Waals surface area contributed by atoms with Gasteiger partial charge in [0.05, 0.1) is 5.69 Å². The highest BCUT2D eigenvalue weighted by molar-refractivity contribution is 7.99. The van der Waals surface area contributed by atoms with Gasteiger partial charge in [-0.05, 0) is 36.9 Å². The molecule has 0 N–H and O–H groups in total. The van der Waals surface area contributed by atoms with Gasteiger partial charge in [0.2, 0.25) is 5.28 Å². The molecule has 1 saturated heterocycles. The maximum Gasteiger partial charge on any atom is 0.222 e. The van der Waals surface area contributed by atoms with E-state index in [1.807, 2.05) is 17.8 Å². The molecule has 1 aliphatic rings. The molecule has 1 aromatic rings. The first-order valence-corrected chi connectivity index (χ1v) is 6.67. The zero-order chi connectivity index (χ0) is 10.7. The summed E-state index contributed by atoms with van der Waals surface area (Å²) >= 11 is 7.69. The maximum atomic E-state index is 5.74. The van der Waals surface area contributed by atoms with E-state index < -0.39 is 0 Å². The highest BCUT2D eigenvalue weighted by Gasteiger charge is 2.21. The van der Waals surface area contributed by atoms with Crippen LogP contribution < -0.4 is 0 Å². The number of hydrogen-bond acceptors (Lipinski definition) is 4. The fraction of sp³-hybridized carbons (Fsp3) is 0.600. The summed E-state index contributed by atoms with van der Waals surface area (Å²) in [4.78, 5) is 10.5. The van der Waals surface area contributed by atoms with Crippen molar-refractivity contribution in [1.29, 1.82) is 0 Å². The molecule has 2 heterocycles. The quantitative estimate of drug-likeness (QED) is 0.760. The van der Waals surface area contributed by atoms with E-state index in [2.05, 4.69) is 21.1 Å².